The largest absolute Gasteiger partial charge is 0.482 e. The Morgan fingerprint density at radius 2 is 1.96 bits per heavy atom. The molecule has 0 atom stereocenters. The molecule has 0 bridgehead atoms. The van der Waals surface area contributed by atoms with Gasteiger partial charge in [-0.3, -0.25) is 14.9 Å². The standard InChI is InChI=1S/C16H12ClFN2O6/c17-13-5-4-11(7-14(13)20(23)24)19-15(21)8-26-16(22)9-25-12-3-1-2-10(18)6-12/h1-7H,8-9H2,(H,19,21). The van der Waals surface area contributed by atoms with Gasteiger partial charge in [0.2, 0.25) is 0 Å². The van der Waals surface area contributed by atoms with Gasteiger partial charge in [-0.1, -0.05) is 17.7 Å². The van der Waals surface area contributed by atoms with Crippen LogP contribution >= 0.6 is 11.6 Å². The first-order chi connectivity index (χ1) is 12.3. The van der Waals surface area contributed by atoms with Crippen LogP contribution in [-0.2, 0) is 14.3 Å². The van der Waals surface area contributed by atoms with Crippen LogP contribution in [0.15, 0.2) is 42.5 Å². The Bertz CT molecular complexity index is 845. The predicted octanol–water partition coefficient (Wildman–Crippen LogP) is 2.95. The van der Waals surface area contributed by atoms with Crippen LogP contribution in [0.1, 0.15) is 0 Å². The number of ether oxygens (including phenoxy) is 2. The number of hydrogen-bond donors (Lipinski definition) is 1. The molecule has 26 heavy (non-hydrogen) atoms. The van der Waals surface area contributed by atoms with Gasteiger partial charge >= 0.3 is 5.97 Å². The SMILES string of the molecule is O=C(COC(=O)COc1cccc(F)c1)Nc1ccc(Cl)c([N+](=O)[O-])c1. The van der Waals surface area contributed by atoms with E-state index in [0.29, 0.717) is 0 Å². The van der Waals surface area contributed by atoms with Gasteiger partial charge in [0.05, 0.1) is 4.92 Å². The van der Waals surface area contributed by atoms with E-state index in [0.717, 1.165) is 12.1 Å². The molecule has 1 amide bonds. The second-order valence-corrected chi connectivity index (χ2v) is 5.29. The lowest BCUT2D eigenvalue weighted by atomic mass is 10.3. The number of nitrogens with zero attached hydrogens (tertiary/aromatic N) is 1. The number of benzene rings is 2. The number of halogens is 2. The molecule has 0 unspecified atom stereocenters. The molecule has 0 radical (unpaired) electrons. The second kappa shape index (κ2) is 8.77. The second-order valence-electron chi connectivity index (χ2n) is 4.88. The van der Waals surface area contributed by atoms with Crippen LogP contribution in [0.25, 0.3) is 0 Å². The summed E-state index contributed by atoms with van der Waals surface area (Å²) in [5.74, 6) is -1.93. The normalized spacial score (nSPS) is 10.1. The van der Waals surface area contributed by atoms with Crippen LogP contribution in [0.5, 0.6) is 5.75 Å². The zero-order valence-electron chi connectivity index (χ0n) is 13.1. The number of nitro groups is 1. The lowest BCUT2D eigenvalue weighted by Gasteiger charge is -2.08. The van der Waals surface area contributed by atoms with Crippen LogP contribution in [0, 0.1) is 15.9 Å². The van der Waals surface area contributed by atoms with Crippen LogP contribution < -0.4 is 10.1 Å². The van der Waals surface area contributed by atoms with E-state index in [4.69, 9.17) is 21.1 Å². The molecule has 8 nitrogen and oxygen atoms in total. The van der Waals surface area contributed by atoms with Gasteiger partial charge in [-0.2, -0.15) is 0 Å². The monoisotopic (exact) mass is 382 g/mol. The van der Waals surface area contributed by atoms with Gasteiger partial charge in [-0.25, -0.2) is 9.18 Å². The van der Waals surface area contributed by atoms with Crippen LogP contribution in [0.4, 0.5) is 15.8 Å². The highest BCUT2D eigenvalue weighted by Gasteiger charge is 2.15. The molecule has 0 aromatic heterocycles. The van der Waals surface area contributed by atoms with Crippen molar-refractivity contribution in [1.29, 1.82) is 0 Å². The summed E-state index contributed by atoms with van der Waals surface area (Å²) in [5, 5.41) is 13.0. The summed E-state index contributed by atoms with van der Waals surface area (Å²) >= 11 is 5.66. The Morgan fingerprint density at radius 3 is 2.65 bits per heavy atom. The maximum absolute atomic E-state index is 13.0. The molecule has 0 saturated carbocycles. The van der Waals surface area contributed by atoms with Gasteiger partial charge in [0.15, 0.2) is 13.2 Å². The van der Waals surface area contributed by atoms with Gasteiger partial charge in [0.25, 0.3) is 11.6 Å². The molecule has 1 N–H and O–H groups in total. The van der Waals surface area contributed by atoms with Gasteiger partial charge in [-0.15, -0.1) is 0 Å². The maximum Gasteiger partial charge on any atom is 0.344 e. The van der Waals surface area contributed by atoms with Gasteiger partial charge in [-0.05, 0) is 24.3 Å². The highest BCUT2D eigenvalue weighted by molar-refractivity contribution is 6.32. The van der Waals surface area contributed by atoms with E-state index in [1.807, 2.05) is 0 Å². The molecule has 0 aliphatic heterocycles. The summed E-state index contributed by atoms with van der Waals surface area (Å²) in [7, 11) is 0. The van der Waals surface area contributed by atoms with Crippen molar-refractivity contribution in [2.75, 3.05) is 18.5 Å². The molecule has 0 aliphatic rings. The predicted molar refractivity (Wildman–Crippen MR) is 89.6 cm³/mol. The first-order valence-electron chi connectivity index (χ1n) is 7.13. The number of anilines is 1. The van der Waals surface area contributed by atoms with Crippen molar-refractivity contribution in [3.63, 3.8) is 0 Å². The number of hydrogen-bond acceptors (Lipinski definition) is 6. The van der Waals surface area contributed by atoms with E-state index in [2.05, 4.69) is 5.32 Å². The first-order valence-corrected chi connectivity index (χ1v) is 7.51. The van der Waals surface area contributed by atoms with Crippen molar-refractivity contribution in [3.8, 4) is 5.75 Å². The highest BCUT2D eigenvalue weighted by atomic mass is 35.5. The van der Waals surface area contributed by atoms with Crippen molar-refractivity contribution in [2.24, 2.45) is 0 Å². The molecule has 2 aromatic carbocycles. The quantitative estimate of drug-likeness (QED) is 0.448. The Kier molecular flexibility index (Phi) is 6.45. The molecule has 0 spiro atoms. The summed E-state index contributed by atoms with van der Waals surface area (Å²) in [6.45, 7) is -1.13. The number of carbonyl (C=O) groups is 2. The minimum absolute atomic E-state index is 0.0751. The molecule has 2 rings (SSSR count). The lowest BCUT2D eigenvalue weighted by molar-refractivity contribution is -0.384. The van der Waals surface area contributed by atoms with E-state index < -0.39 is 35.8 Å². The van der Waals surface area contributed by atoms with Gasteiger partial charge < -0.3 is 14.8 Å². The molecule has 0 fully saturated rings. The van der Waals surface area contributed by atoms with Crippen molar-refractivity contribution >= 4 is 34.9 Å². The topological polar surface area (TPSA) is 108 Å². The number of esters is 1. The fourth-order valence-corrected chi connectivity index (χ4v) is 2.00. The lowest BCUT2D eigenvalue weighted by Crippen LogP contribution is -2.23. The van der Waals surface area contributed by atoms with E-state index in [-0.39, 0.29) is 22.1 Å². The van der Waals surface area contributed by atoms with Gasteiger partial charge in [0, 0.05) is 17.8 Å². The summed E-state index contributed by atoms with van der Waals surface area (Å²) in [6.07, 6.45) is 0. The summed E-state index contributed by atoms with van der Waals surface area (Å²) in [4.78, 5) is 33.3. The highest BCUT2D eigenvalue weighted by Crippen LogP contribution is 2.27. The Labute approximate surface area is 151 Å². The minimum atomic E-state index is -0.841. The third-order valence-electron chi connectivity index (χ3n) is 2.94. The third-order valence-corrected chi connectivity index (χ3v) is 3.26. The molecule has 10 heteroatoms. The molecule has 136 valence electrons. The van der Waals surface area contributed by atoms with Crippen LogP contribution in [0.3, 0.4) is 0 Å². The van der Waals surface area contributed by atoms with E-state index in [1.165, 1.54) is 30.3 Å². The zero-order valence-corrected chi connectivity index (χ0v) is 13.9. The van der Waals surface area contributed by atoms with Crippen LogP contribution in [-0.4, -0.2) is 30.0 Å². The number of amides is 1. The number of nitrogens with one attached hydrogen (secondary N) is 1. The van der Waals surface area contributed by atoms with Crippen molar-refractivity contribution < 1.29 is 28.4 Å². The van der Waals surface area contributed by atoms with E-state index in [9.17, 15) is 24.1 Å². The molecule has 2 aromatic rings. The molecule has 0 aliphatic carbocycles. The summed E-state index contributed by atoms with van der Waals surface area (Å²) in [5.41, 5.74) is -0.247. The van der Waals surface area contributed by atoms with E-state index >= 15 is 0 Å². The molecular weight excluding hydrogens is 371 g/mol. The molecule has 0 saturated heterocycles. The fourth-order valence-electron chi connectivity index (χ4n) is 1.81. The van der Waals surface area contributed by atoms with Gasteiger partial charge in [0.1, 0.15) is 16.6 Å². The Morgan fingerprint density at radius 1 is 1.19 bits per heavy atom. The fraction of sp³-hybridized carbons (Fsp3) is 0.125. The summed E-state index contributed by atoms with van der Waals surface area (Å²) in [6, 6.07) is 8.88. The zero-order chi connectivity index (χ0) is 19.1. The molecule has 0 heterocycles. The Balaban J connectivity index is 1.80. The van der Waals surface area contributed by atoms with Crippen molar-refractivity contribution in [3.05, 3.63) is 63.4 Å². The van der Waals surface area contributed by atoms with Crippen LogP contribution in [0.2, 0.25) is 5.02 Å². The Hall–Kier alpha value is -3.20. The van der Waals surface area contributed by atoms with Crippen molar-refractivity contribution in [1.82, 2.24) is 0 Å². The number of carbonyl (C=O) groups excluding carboxylic acids is 2. The number of nitro benzene ring substituents is 1. The van der Waals surface area contributed by atoms with Crippen molar-refractivity contribution in [2.45, 2.75) is 0 Å². The maximum atomic E-state index is 13.0. The first kappa shape index (κ1) is 19.1. The minimum Gasteiger partial charge on any atom is -0.482 e. The van der Waals surface area contributed by atoms with E-state index in [1.54, 1.807) is 0 Å². The average molecular weight is 383 g/mol. The smallest absolute Gasteiger partial charge is 0.344 e. The third kappa shape index (κ3) is 5.71. The summed E-state index contributed by atoms with van der Waals surface area (Å²) < 4.78 is 22.7. The average Bonchev–Trinajstić information content (AvgIpc) is 2.59. The molecular formula is C16H12ClFN2O6. The number of rotatable bonds is 7.